The maximum atomic E-state index is 5.74. The molecule has 1 aliphatic rings. The maximum absolute atomic E-state index is 5.74. The van der Waals surface area contributed by atoms with E-state index in [1.807, 2.05) is 0 Å². The lowest BCUT2D eigenvalue weighted by Crippen LogP contribution is -2.37. The van der Waals surface area contributed by atoms with Crippen molar-refractivity contribution in [1.82, 2.24) is 5.43 Å². The number of rotatable bonds is 6. The molecule has 2 nitrogen and oxygen atoms in total. The fourth-order valence-corrected chi connectivity index (χ4v) is 3.26. The van der Waals surface area contributed by atoms with Crippen molar-refractivity contribution in [2.75, 3.05) is 0 Å². The van der Waals surface area contributed by atoms with Gasteiger partial charge in [0.05, 0.1) is 0 Å². The van der Waals surface area contributed by atoms with Crippen molar-refractivity contribution in [3.63, 3.8) is 0 Å². The summed E-state index contributed by atoms with van der Waals surface area (Å²) in [4.78, 5) is 0. The molecule has 0 amide bonds. The Balaban J connectivity index is 1.76. The predicted molar refractivity (Wildman–Crippen MR) is 81.7 cm³/mol. The fraction of sp³-hybridized carbons (Fsp3) is 0.647. The molecule has 0 heterocycles. The standard InChI is InChI=1S/C17H28N2/c18-19-17(13-12-15-8-6-3-7-9-15)14-16-10-4-1-2-5-11-16/h3,6-9,16-17,19H,1-2,4-5,10-14,18H2. The third kappa shape index (κ3) is 5.33. The number of aryl methyl sites for hydroxylation is 1. The molecule has 0 saturated heterocycles. The van der Waals surface area contributed by atoms with E-state index in [-0.39, 0.29) is 0 Å². The molecular weight excluding hydrogens is 232 g/mol. The number of hydrazine groups is 1. The van der Waals surface area contributed by atoms with Crippen LogP contribution >= 0.6 is 0 Å². The molecule has 2 rings (SSSR count). The zero-order valence-electron chi connectivity index (χ0n) is 12.0. The van der Waals surface area contributed by atoms with Crippen molar-refractivity contribution in [1.29, 1.82) is 0 Å². The van der Waals surface area contributed by atoms with Crippen LogP contribution < -0.4 is 11.3 Å². The first-order chi connectivity index (χ1) is 9.38. The van der Waals surface area contributed by atoms with E-state index >= 15 is 0 Å². The number of benzene rings is 1. The van der Waals surface area contributed by atoms with Crippen molar-refractivity contribution in [3.05, 3.63) is 35.9 Å². The van der Waals surface area contributed by atoms with Gasteiger partial charge in [0.15, 0.2) is 0 Å². The molecule has 1 atom stereocenters. The van der Waals surface area contributed by atoms with Gasteiger partial charge in [0.2, 0.25) is 0 Å². The zero-order chi connectivity index (χ0) is 13.3. The molecule has 1 saturated carbocycles. The molecule has 1 aromatic rings. The first-order valence-electron chi connectivity index (χ1n) is 7.88. The number of hydrogen-bond donors (Lipinski definition) is 2. The first kappa shape index (κ1) is 14.5. The summed E-state index contributed by atoms with van der Waals surface area (Å²) in [6.07, 6.45) is 12.0. The topological polar surface area (TPSA) is 38.0 Å². The van der Waals surface area contributed by atoms with Gasteiger partial charge in [0.1, 0.15) is 0 Å². The van der Waals surface area contributed by atoms with Crippen molar-refractivity contribution in [3.8, 4) is 0 Å². The van der Waals surface area contributed by atoms with Crippen LogP contribution in [0.3, 0.4) is 0 Å². The predicted octanol–water partition coefficient (Wildman–Crippen LogP) is 3.81. The molecule has 106 valence electrons. The van der Waals surface area contributed by atoms with Gasteiger partial charge in [0.25, 0.3) is 0 Å². The second-order valence-electron chi connectivity index (χ2n) is 5.98. The van der Waals surface area contributed by atoms with Gasteiger partial charge in [-0.15, -0.1) is 0 Å². The van der Waals surface area contributed by atoms with E-state index < -0.39 is 0 Å². The normalized spacial score (nSPS) is 19.0. The summed E-state index contributed by atoms with van der Waals surface area (Å²) in [5, 5.41) is 0. The van der Waals surface area contributed by atoms with Crippen molar-refractivity contribution < 1.29 is 0 Å². The SMILES string of the molecule is NNC(CCc1ccccc1)CC1CCCCCC1. The minimum Gasteiger partial charge on any atom is -0.271 e. The summed E-state index contributed by atoms with van der Waals surface area (Å²) in [7, 11) is 0. The fourth-order valence-electron chi connectivity index (χ4n) is 3.26. The van der Waals surface area contributed by atoms with E-state index in [9.17, 15) is 0 Å². The van der Waals surface area contributed by atoms with Gasteiger partial charge in [-0.25, -0.2) is 0 Å². The van der Waals surface area contributed by atoms with E-state index in [0.717, 1.165) is 18.8 Å². The number of nitrogens with one attached hydrogen (secondary N) is 1. The molecule has 0 aromatic heterocycles. The summed E-state index contributed by atoms with van der Waals surface area (Å²) < 4.78 is 0. The van der Waals surface area contributed by atoms with Crippen LogP contribution in [0.4, 0.5) is 0 Å². The van der Waals surface area contributed by atoms with Crippen LogP contribution in [0.1, 0.15) is 56.9 Å². The average molecular weight is 260 g/mol. The summed E-state index contributed by atoms with van der Waals surface area (Å²) in [5.74, 6) is 6.63. The molecule has 0 spiro atoms. The smallest absolute Gasteiger partial charge is 0.0216 e. The Labute approximate surface area is 117 Å². The quantitative estimate of drug-likeness (QED) is 0.464. The lowest BCUT2D eigenvalue weighted by molar-refractivity contribution is 0.342. The molecular formula is C17H28N2. The lowest BCUT2D eigenvalue weighted by atomic mass is 9.90. The molecule has 1 aliphatic carbocycles. The minimum absolute atomic E-state index is 0.475. The van der Waals surface area contributed by atoms with Gasteiger partial charge in [-0.2, -0.15) is 0 Å². The van der Waals surface area contributed by atoms with E-state index in [1.54, 1.807) is 0 Å². The zero-order valence-corrected chi connectivity index (χ0v) is 12.0. The summed E-state index contributed by atoms with van der Waals surface area (Å²) in [6, 6.07) is 11.2. The van der Waals surface area contributed by atoms with Crippen LogP contribution in [-0.2, 0) is 6.42 Å². The second kappa shape index (κ2) is 8.34. The highest BCUT2D eigenvalue weighted by Crippen LogP contribution is 2.27. The Kier molecular flexibility index (Phi) is 6.38. The Morgan fingerprint density at radius 2 is 1.74 bits per heavy atom. The van der Waals surface area contributed by atoms with E-state index in [1.165, 1.54) is 50.5 Å². The first-order valence-corrected chi connectivity index (χ1v) is 7.88. The van der Waals surface area contributed by atoms with Gasteiger partial charge >= 0.3 is 0 Å². The lowest BCUT2D eigenvalue weighted by Gasteiger charge is -2.22. The van der Waals surface area contributed by atoms with Crippen molar-refractivity contribution in [2.45, 2.75) is 63.8 Å². The molecule has 0 bridgehead atoms. The molecule has 3 N–H and O–H groups in total. The third-order valence-corrected chi connectivity index (χ3v) is 4.45. The van der Waals surface area contributed by atoms with Gasteiger partial charge in [0, 0.05) is 6.04 Å². The second-order valence-corrected chi connectivity index (χ2v) is 5.98. The Bertz CT molecular complexity index is 328. The molecule has 19 heavy (non-hydrogen) atoms. The van der Waals surface area contributed by atoms with Crippen molar-refractivity contribution in [2.24, 2.45) is 11.8 Å². The highest BCUT2D eigenvalue weighted by atomic mass is 15.2. The highest BCUT2D eigenvalue weighted by Gasteiger charge is 2.17. The van der Waals surface area contributed by atoms with Crippen molar-refractivity contribution >= 4 is 0 Å². The largest absolute Gasteiger partial charge is 0.271 e. The van der Waals surface area contributed by atoms with Crippen LogP contribution in [0.25, 0.3) is 0 Å². The Morgan fingerprint density at radius 1 is 1.05 bits per heavy atom. The minimum atomic E-state index is 0.475. The Morgan fingerprint density at radius 3 is 2.37 bits per heavy atom. The number of nitrogens with two attached hydrogens (primary N) is 1. The van der Waals surface area contributed by atoms with Crippen LogP contribution in [0, 0.1) is 5.92 Å². The molecule has 1 unspecified atom stereocenters. The summed E-state index contributed by atoms with van der Waals surface area (Å²) >= 11 is 0. The molecule has 0 aliphatic heterocycles. The average Bonchev–Trinajstić information content (AvgIpc) is 2.73. The number of hydrogen-bond acceptors (Lipinski definition) is 2. The summed E-state index contributed by atoms with van der Waals surface area (Å²) in [5.41, 5.74) is 4.46. The molecule has 2 heteroatoms. The van der Waals surface area contributed by atoms with Crippen LogP contribution in [0.15, 0.2) is 30.3 Å². The van der Waals surface area contributed by atoms with Gasteiger partial charge in [-0.1, -0.05) is 68.9 Å². The monoisotopic (exact) mass is 260 g/mol. The van der Waals surface area contributed by atoms with Crippen LogP contribution in [0.2, 0.25) is 0 Å². The summed E-state index contributed by atoms with van der Waals surface area (Å²) in [6.45, 7) is 0. The van der Waals surface area contributed by atoms with Crippen LogP contribution in [-0.4, -0.2) is 6.04 Å². The van der Waals surface area contributed by atoms with Gasteiger partial charge in [-0.3, -0.25) is 11.3 Å². The molecule has 1 aromatic carbocycles. The third-order valence-electron chi connectivity index (χ3n) is 4.45. The molecule has 0 radical (unpaired) electrons. The van der Waals surface area contributed by atoms with Gasteiger partial charge in [-0.05, 0) is 30.7 Å². The van der Waals surface area contributed by atoms with Crippen LogP contribution in [0.5, 0.6) is 0 Å². The highest BCUT2D eigenvalue weighted by molar-refractivity contribution is 5.14. The van der Waals surface area contributed by atoms with Gasteiger partial charge < -0.3 is 0 Å². The van der Waals surface area contributed by atoms with E-state index in [0.29, 0.717) is 6.04 Å². The van der Waals surface area contributed by atoms with E-state index in [4.69, 9.17) is 5.84 Å². The Hall–Kier alpha value is -0.860. The molecule has 1 fully saturated rings. The van der Waals surface area contributed by atoms with E-state index in [2.05, 4.69) is 35.8 Å². The maximum Gasteiger partial charge on any atom is 0.0216 e.